The van der Waals surface area contributed by atoms with Crippen LogP contribution < -0.4 is 14.8 Å². The van der Waals surface area contributed by atoms with Crippen LogP contribution in [0.2, 0.25) is 5.02 Å². The van der Waals surface area contributed by atoms with Crippen LogP contribution in [0.5, 0.6) is 11.5 Å². The highest BCUT2D eigenvalue weighted by atomic mass is 127. The number of carbonyl (C=O) groups excluding carboxylic acids is 1. The summed E-state index contributed by atoms with van der Waals surface area (Å²) in [5.41, 5.74) is 2.12. The van der Waals surface area contributed by atoms with Crippen molar-refractivity contribution in [3.63, 3.8) is 0 Å². The lowest BCUT2D eigenvalue weighted by Gasteiger charge is -2.14. The van der Waals surface area contributed by atoms with Gasteiger partial charge in [-0.15, -0.1) is 0 Å². The maximum atomic E-state index is 12.5. The maximum absolute atomic E-state index is 12.5. The first kappa shape index (κ1) is 18.9. The Hall–Kier alpha value is -1.47. The van der Waals surface area contributed by atoms with Crippen LogP contribution in [0.3, 0.4) is 0 Å². The Bertz CT molecular complexity index is 749. The molecule has 0 bridgehead atoms. The molecule has 0 aliphatic heterocycles. The summed E-state index contributed by atoms with van der Waals surface area (Å²) >= 11 is 8.24. The van der Waals surface area contributed by atoms with E-state index >= 15 is 0 Å². The first-order chi connectivity index (χ1) is 11.5. The molecule has 1 amide bonds. The number of aryl methyl sites for hydroxylation is 1. The minimum Gasteiger partial charge on any atom is -0.490 e. The van der Waals surface area contributed by atoms with E-state index < -0.39 is 0 Å². The van der Waals surface area contributed by atoms with Crippen molar-refractivity contribution in [3.05, 3.63) is 50.1 Å². The van der Waals surface area contributed by atoms with Crippen LogP contribution in [-0.2, 0) is 0 Å². The Morgan fingerprint density at radius 3 is 2.50 bits per heavy atom. The third kappa shape index (κ3) is 4.54. The van der Waals surface area contributed by atoms with E-state index in [1.165, 1.54) is 0 Å². The summed E-state index contributed by atoms with van der Waals surface area (Å²) in [4.78, 5) is 12.5. The molecule has 2 aromatic rings. The van der Waals surface area contributed by atoms with Gasteiger partial charge >= 0.3 is 0 Å². The van der Waals surface area contributed by atoms with Crippen LogP contribution in [-0.4, -0.2) is 19.1 Å². The lowest BCUT2D eigenvalue weighted by molar-refractivity contribution is 0.102. The number of carbonyl (C=O) groups is 1. The quantitative estimate of drug-likeness (QED) is 0.596. The number of amides is 1. The van der Waals surface area contributed by atoms with Gasteiger partial charge < -0.3 is 14.8 Å². The predicted molar refractivity (Wildman–Crippen MR) is 106 cm³/mol. The van der Waals surface area contributed by atoms with Crippen molar-refractivity contribution in [1.29, 1.82) is 0 Å². The molecule has 0 radical (unpaired) electrons. The normalized spacial score (nSPS) is 10.4. The highest BCUT2D eigenvalue weighted by molar-refractivity contribution is 14.1. The molecular weight excluding hydrogens is 441 g/mol. The summed E-state index contributed by atoms with van der Waals surface area (Å²) in [6, 6.07) is 8.90. The first-order valence-corrected chi connectivity index (χ1v) is 9.08. The molecule has 24 heavy (non-hydrogen) atoms. The number of hydrogen-bond donors (Lipinski definition) is 1. The Morgan fingerprint density at radius 1 is 1.17 bits per heavy atom. The molecule has 6 heteroatoms. The van der Waals surface area contributed by atoms with E-state index in [0.717, 1.165) is 9.13 Å². The lowest BCUT2D eigenvalue weighted by atomic mass is 10.1. The standard InChI is InChI=1S/C18H19ClINO3/c1-4-23-16-9-12(8-15(20)17(16)24-5-2)18(22)21-13-7-6-11(3)14(19)10-13/h6-10H,4-5H2,1-3H3,(H,21,22). The minimum absolute atomic E-state index is 0.225. The van der Waals surface area contributed by atoms with Crippen molar-refractivity contribution in [1.82, 2.24) is 0 Å². The molecule has 0 aliphatic carbocycles. The summed E-state index contributed by atoms with van der Waals surface area (Å²) in [6.07, 6.45) is 0. The minimum atomic E-state index is -0.225. The van der Waals surface area contributed by atoms with Crippen LogP contribution in [0.25, 0.3) is 0 Å². The number of nitrogens with one attached hydrogen (secondary N) is 1. The molecule has 0 aromatic heterocycles. The molecule has 0 heterocycles. The smallest absolute Gasteiger partial charge is 0.255 e. The second-order valence-electron chi connectivity index (χ2n) is 5.07. The van der Waals surface area contributed by atoms with Crippen molar-refractivity contribution in [2.45, 2.75) is 20.8 Å². The van der Waals surface area contributed by atoms with Crippen molar-refractivity contribution < 1.29 is 14.3 Å². The molecule has 128 valence electrons. The van der Waals surface area contributed by atoms with Gasteiger partial charge in [-0.2, -0.15) is 0 Å². The third-order valence-electron chi connectivity index (χ3n) is 3.29. The van der Waals surface area contributed by atoms with Gasteiger partial charge in [0.2, 0.25) is 0 Å². The summed E-state index contributed by atoms with van der Waals surface area (Å²) in [7, 11) is 0. The Labute approximate surface area is 160 Å². The fourth-order valence-corrected chi connectivity index (χ4v) is 3.06. The SMILES string of the molecule is CCOc1cc(C(=O)Nc2ccc(C)c(Cl)c2)cc(I)c1OCC. The van der Waals surface area contributed by atoms with E-state index in [1.54, 1.807) is 18.2 Å². The highest BCUT2D eigenvalue weighted by Crippen LogP contribution is 2.34. The Balaban J connectivity index is 2.29. The molecule has 1 N–H and O–H groups in total. The second kappa shape index (κ2) is 8.58. The van der Waals surface area contributed by atoms with E-state index in [2.05, 4.69) is 27.9 Å². The van der Waals surface area contributed by atoms with E-state index in [9.17, 15) is 4.79 Å². The van der Waals surface area contributed by atoms with Gasteiger partial charge in [0.05, 0.1) is 16.8 Å². The van der Waals surface area contributed by atoms with Gasteiger partial charge in [0, 0.05) is 16.3 Å². The van der Waals surface area contributed by atoms with Gasteiger partial charge in [-0.25, -0.2) is 0 Å². The van der Waals surface area contributed by atoms with Crippen LogP contribution in [0.1, 0.15) is 29.8 Å². The average molecular weight is 460 g/mol. The van der Waals surface area contributed by atoms with E-state index in [4.69, 9.17) is 21.1 Å². The molecule has 0 fully saturated rings. The molecule has 0 saturated carbocycles. The molecule has 0 atom stereocenters. The zero-order valence-corrected chi connectivity index (χ0v) is 16.7. The average Bonchev–Trinajstić information content (AvgIpc) is 2.54. The van der Waals surface area contributed by atoms with Crippen LogP contribution in [0.15, 0.2) is 30.3 Å². The van der Waals surface area contributed by atoms with Gasteiger partial charge in [-0.3, -0.25) is 4.79 Å². The van der Waals surface area contributed by atoms with E-state index in [-0.39, 0.29) is 5.91 Å². The summed E-state index contributed by atoms with van der Waals surface area (Å²) in [5.74, 6) is 1.00. The lowest BCUT2D eigenvalue weighted by Crippen LogP contribution is -2.13. The van der Waals surface area contributed by atoms with Crippen LogP contribution in [0, 0.1) is 10.5 Å². The van der Waals surface area contributed by atoms with Gasteiger partial charge in [0.15, 0.2) is 11.5 Å². The summed E-state index contributed by atoms with van der Waals surface area (Å²) in [5, 5.41) is 3.47. The van der Waals surface area contributed by atoms with Gasteiger partial charge in [-0.05, 0) is 73.2 Å². The fraction of sp³-hybridized carbons (Fsp3) is 0.278. The molecule has 0 spiro atoms. The van der Waals surface area contributed by atoms with Gasteiger partial charge in [0.1, 0.15) is 0 Å². The maximum Gasteiger partial charge on any atom is 0.255 e. The Morgan fingerprint density at radius 2 is 1.88 bits per heavy atom. The van der Waals surface area contributed by atoms with Crippen LogP contribution in [0.4, 0.5) is 5.69 Å². The van der Waals surface area contributed by atoms with E-state index in [1.807, 2.05) is 32.9 Å². The molecule has 2 aromatic carbocycles. The van der Waals surface area contributed by atoms with Gasteiger partial charge in [-0.1, -0.05) is 17.7 Å². The number of halogens is 2. The van der Waals surface area contributed by atoms with Crippen molar-refractivity contribution in [2.24, 2.45) is 0 Å². The topological polar surface area (TPSA) is 47.6 Å². The Kier molecular flexibility index (Phi) is 6.74. The molecular formula is C18H19ClINO3. The fourth-order valence-electron chi connectivity index (χ4n) is 2.12. The molecule has 0 aliphatic rings. The van der Waals surface area contributed by atoms with Crippen molar-refractivity contribution in [3.8, 4) is 11.5 Å². The number of anilines is 1. The molecule has 4 nitrogen and oxygen atoms in total. The zero-order chi connectivity index (χ0) is 17.7. The summed E-state index contributed by atoms with van der Waals surface area (Å²) < 4.78 is 12.1. The number of benzene rings is 2. The largest absolute Gasteiger partial charge is 0.490 e. The third-order valence-corrected chi connectivity index (χ3v) is 4.50. The number of ether oxygens (including phenoxy) is 2. The summed E-state index contributed by atoms with van der Waals surface area (Å²) in [6.45, 7) is 6.74. The highest BCUT2D eigenvalue weighted by Gasteiger charge is 2.16. The van der Waals surface area contributed by atoms with Crippen LogP contribution >= 0.6 is 34.2 Å². The molecule has 0 unspecified atom stereocenters. The van der Waals surface area contributed by atoms with Crippen molar-refractivity contribution >= 4 is 45.8 Å². The van der Waals surface area contributed by atoms with Crippen molar-refractivity contribution in [2.75, 3.05) is 18.5 Å². The second-order valence-corrected chi connectivity index (χ2v) is 6.64. The zero-order valence-electron chi connectivity index (χ0n) is 13.8. The van der Waals surface area contributed by atoms with Gasteiger partial charge in [0.25, 0.3) is 5.91 Å². The number of rotatable bonds is 6. The van der Waals surface area contributed by atoms with E-state index in [0.29, 0.717) is 41.0 Å². The monoisotopic (exact) mass is 459 g/mol. The molecule has 0 saturated heterocycles. The predicted octanol–water partition coefficient (Wildman–Crippen LogP) is 5.30. The molecule has 2 rings (SSSR count). The first-order valence-electron chi connectivity index (χ1n) is 7.62. The number of hydrogen-bond acceptors (Lipinski definition) is 3.